The summed E-state index contributed by atoms with van der Waals surface area (Å²) >= 11 is 0. The van der Waals surface area contributed by atoms with E-state index in [4.69, 9.17) is 4.74 Å². The maximum atomic E-state index is 11.8. The number of esters is 2. The summed E-state index contributed by atoms with van der Waals surface area (Å²) in [7, 11) is 1.44. The predicted octanol–water partition coefficient (Wildman–Crippen LogP) is 5.20. The molecule has 0 spiro atoms. The van der Waals surface area contributed by atoms with Crippen LogP contribution in [0.3, 0.4) is 0 Å². The molecule has 0 aromatic rings. The summed E-state index contributed by atoms with van der Waals surface area (Å²) in [5, 5.41) is 0. The molecule has 0 saturated heterocycles. The molecule has 174 valence electrons. The molecule has 0 N–H and O–H groups in total. The lowest BCUT2D eigenvalue weighted by molar-refractivity contribution is -0.147. The highest BCUT2D eigenvalue weighted by Gasteiger charge is 2.14. The van der Waals surface area contributed by atoms with Gasteiger partial charge in [0, 0.05) is 13.0 Å². The predicted molar refractivity (Wildman–Crippen MR) is 120 cm³/mol. The maximum Gasteiger partial charge on any atom is 0.325 e. The molecule has 0 bridgehead atoms. The number of carbonyl (C=O) groups is 3. The van der Waals surface area contributed by atoms with Crippen molar-refractivity contribution in [3.05, 3.63) is 12.7 Å². The van der Waals surface area contributed by atoms with Gasteiger partial charge in [-0.3, -0.25) is 14.4 Å². The molecule has 0 unspecified atom stereocenters. The van der Waals surface area contributed by atoms with Gasteiger partial charge in [-0.25, -0.2) is 0 Å². The summed E-state index contributed by atoms with van der Waals surface area (Å²) in [6, 6.07) is 0. The summed E-state index contributed by atoms with van der Waals surface area (Å²) in [6.45, 7) is 6.16. The van der Waals surface area contributed by atoms with Crippen LogP contribution in [-0.2, 0) is 23.9 Å². The largest absolute Gasteiger partial charge is 0.469 e. The Balaban J connectivity index is 3.51. The second-order valence-electron chi connectivity index (χ2n) is 7.69. The quantitative estimate of drug-likeness (QED) is 0.152. The molecular weight excluding hydrogens is 382 g/mol. The monoisotopic (exact) mass is 425 g/mol. The highest BCUT2D eigenvalue weighted by Crippen LogP contribution is 2.13. The lowest BCUT2D eigenvalue weighted by atomic mass is 10.0. The van der Waals surface area contributed by atoms with Crippen molar-refractivity contribution in [1.29, 1.82) is 0 Å². The summed E-state index contributed by atoms with van der Waals surface area (Å²) < 4.78 is 9.55. The molecule has 6 nitrogen and oxygen atoms in total. The fourth-order valence-corrected chi connectivity index (χ4v) is 3.38. The van der Waals surface area contributed by atoms with Gasteiger partial charge in [0.2, 0.25) is 5.91 Å². The first kappa shape index (κ1) is 28.1. The number of unbranched alkanes of at least 4 members (excludes halogenated alkanes) is 12. The van der Waals surface area contributed by atoms with Crippen molar-refractivity contribution < 1.29 is 23.9 Å². The Labute approximate surface area is 183 Å². The van der Waals surface area contributed by atoms with Gasteiger partial charge in [-0.15, -0.1) is 0 Å². The van der Waals surface area contributed by atoms with Gasteiger partial charge >= 0.3 is 11.9 Å². The molecule has 0 atom stereocenters. The number of hydrogen-bond donors (Lipinski definition) is 0. The Bertz CT molecular complexity index is 478. The number of rotatable bonds is 20. The summed E-state index contributed by atoms with van der Waals surface area (Å²) in [6.07, 6.45) is 17.1. The van der Waals surface area contributed by atoms with Gasteiger partial charge < -0.3 is 14.4 Å². The van der Waals surface area contributed by atoms with Crippen molar-refractivity contribution in [2.75, 3.05) is 26.8 Å². The van der Waals surface area contributed by atoms with Gasteiger partial charge in [-0.2, -0.15) is 0 Å². The minimum Gasteiger partial charge on any atom is -0.469 e. The van der Waals surface area contributed by atoms with Crippen LogP contribution in [0.15, 0.2) is 12.7 Å². The van der Waals surface area contributed by atoms with Crippen LogP contribution in [0, 0.1) is 0 Å². The standard InChI is InChI=1S/C24H43NO5/c1-4-22(26)25(21-24(28)30-5-2)20-18-16-14-12-10-8-6-7-9-11-13-15-17-19-23(27)29-3/h4H,1,5-21H2,2-3H3. The lowest BCUT2D eigenvalue weighted by Gasteiger charge is -2.20. The van der Waals surface area contributed by atoms with E-state index in [1.807, 2.05) is 0 Å². The third-order valence-corrected chi connectivity index (χ3v) is 5.15. The van der Waals surface area contributed by atoms with E-state index in [9.17, 15) is 14.4 Å². The van der Waals surface area contributed by atoms with E-state index in [1.165, 1.54) is 69.5 Å². The van der Waals surface area contributed by atoms with Gasteiger partial charge in [0.1, 0.15) is 6.54 Å². The van der Waals surface area contributed by atoms with Gasteiger partial charge in [0.05, 0.1) is 13.7 Å². The Morgan fingerprint density at radius 1 is 0.767 bits per heavy atom. The molecule has 30 heavy (non-hydrogen) atoms. The molecule has 0 rings (SSSR count). The fraction of sp³-hybridized carbons (Fsp3) is 0.792. The van der Waals surface area contributed by atoms with E-state index < -0.39 is 0 Å². The zero-order valence-electron chi connectivity index (χ0n) is 19.3. The molecule has 0 saturated carbocycles. The van der Waals surface area contributed by atoms with Crippen LogP contribution < -0.4 is 0 Å². The molecule has 0 radical (unpaired) electrons. The van der Waals surface area contributed by atoms with Crippen LogP contribution in [0.25, 0.3) is 0 Å². The molecule has 0 aromatic carbocycles. The van der Waals surface area contributed by atoms with Crippen molar-refractivity contribution in [2.45, 2.75) is 96.8 Å². The third kappa shape index (κ3) is 17.0. The average Bonchev–Trinajstić information content (AvgIpc) is 2.74. The first-order chi connectivity index (χ1) is 14.5. The maximum absolute atomic E-state index is 11.8. The highest BCUT2D eigenvalue weighted by atomic mass is 16.5. The molecule has 0 aliphatic heterocycles. The minimum atomic E-state index is -0.367. The Kier molecular flexibility index (Phi) is 19.2. The molecule has 0 aromatic heterocycles. The highest BCUT2D eigenvalue weighted by molar-refractivity contribution is 5.89. The zero-order valence-corrected chi connectivity index (χ0v) is 19.3. The number of methoxy groups -OCH3 is 1. The van der Waals surface area contributed by atoms with Crippen molar-refractivity contribution in [3.63, 3.8) is 0 Å². The SMILES string of the molecule is C=CC(=O)N(CCCCCCCCCCCCCCCC(=O)OC)CC(=O)OCC. The van der Waals surface area contributed by atoms with Crippen LogP contribution in [-0.4, -0.2) is 49.6 Å². The van der Waals surface area contributed by atoms with Crippen LogP contribution >= 0.6 is 0 Å². The normalized spacial score (nSPS) is 10.5. The first-order valence-electron chi connectivity index (χ1n) is 11.7. The molecule has 0 heterocycles. The number of ether oxygens (including phenoxy) is 2. The Hall–Kier alpha value is -1.85. The van der Waals surface area contributed by atoms with E-state index in [-0.39, 0.29) is 24.4 Å². The van der Waals surface area contributed by atoms with E-state index >= 15 is 0 Å². The van der Waals surface area contributed by atoms with E-state index in [2.05, 4.69) is 11.3 Å². The second-order valence-corrected chi connectivity index (χ2v) is 7.69. The van der Waals surface area contributed by atoms with E-state index in [1.54, 1.807) is 6.92 Å². The number of nitrogens with zero attached hydrogens (tertiary/aromatic N) is 1. The number of amides is 1. The molecule has 0 aliphatic carbocycles. The molecule has 1 amide bonds. The average molecular weight is 426 g/mol. The Morgan fingerprint density at radius 3 is 1.67 bits per heavy atom. The van der Waals surface area contributed by atoms with E-state index in [0.29, 0.717) is 19.6 Å². The van der Waals surface area contributed by atoms with Crippen LogP contribution in [0.4, 0.5) is 0 Å². The minimum absolute atomic E-state index is 0.00394. The van der Waals surface area contributed by atoms with Gasteiger partial charge in [-0.1, -0.05) is 77.2 Å². The third-order valence-electron chi connectivity index (χ3n) is 5.15. The number of hydrogen-bond acceptors (Lipinski definition) is 5. The van der Waals surface area contributed by atoms with Crippen LogP contribution in [0.2, 0.25) is 0 Å². The van der Waals surface area contributed by atoms with Gasteiger partial charge in [0.15, 0.2) is 0 Å². The fourth-order valence-electron chi connectivity index (χ4n) is 3.38. The Morgan fingerprint density at radius 2 is 1.23 bits per heavy atom. The zero-order chi connectivity index (χ0) is 22.5. The topological polar surface area (TPSA) is 72.9 Å². The van der Waals surface area contributed by atoms with Gasteiger partial charge in [0.25, 0.3) is 0 Å². The summed E-state index contributed by atoms with van der Waals surface area (Å²) in [5.41, 5.74) is 0. The van der Waals surface area contributed by atoms with E-state index in [0.717, 1.165) is 32.1 Å². The van der Waals surface area contributed by atoms with Crippen molar-refractivity contribution in [2.24, 2.45) is 0 Å². The number of carbonyl (C=O) groups excluding carboxylic acids is 3. The summed E-state index contributed by atoms with van der Waals surface area (Å²) in [5.74, 6) is -0.685. The molecule has 6 heteroatoms. The molecule has 0 aliphatic rings. The molecular formula is C24H43NO5. The molecule has 0 fully saturated rings. The first-order valence-corrected chi connectivity index (χ1v) is 11.7. The van der Waals surface area contributed by atoms with Crippen molar-refractivity contribution in [1.82, 2.24) is 4.90 Å². The lowest BCUT2D eigenvalue weighted by Crippen LogP contribution is -2.36. The van der Waals surface area contributed by atoms with Crippen molar-refractivity contribution in [3.8, 4) is 0 Å². The smallest absolute Gasteiger partial charge is 0.325 e. The van der Waals surface area contributed by atoms with Gasteiger partial charge in [-0.05, 0) is 25.8 Å². The second kappa shape index (κ2) is 20.4. The van der Waals surface area contributed by atoms with Crippen LogP contribution in [0.1, 0.15) is 96.8 Å². The van der Waals surface area contributed by atoms with Crippen LogP contribution in [0.5, 0.6) is 0 Å². The van der Waals surface area contributed by atoms with Crippen molar-refractivity contribution >= 4 is 17.8 Å². The summed E-state index contributed by atoms with van der Waals surface area (Å²) in [4.78, 5) is 35.9.